The summed E-state index contributed by atoms with van der Waals surface area (Å²) in [5, 5.41) is 10.7. The van der Waals surface area contributed by atoms with Crippen LogP contribution in [0, 0.1) is 9.39 Å². The smallest absolute Gasteiger partial charge is 0.304 e. The van der Waals surface area contributed by atoms with Crippen LogP contribution in [0.4, 0.5) is 4.39 Å². The van der Waals surface area contributed by atoms with Crippen molar-refractivity contribution >= 4 is 56.8 Å². The van der Waals surface area contributed by atoms with Crippen molar-refractivity contribution in [1.29, 1.82) is 0 Å². The van der Waals surface area contributed by atoms with Crippen LogP contribution >= 0.6 is 34.2 Å². The predicted molar refractivity (Wildman–Crippen MR) is 123 cm³/mol. The first-order valence-corrected chi connectivity index (χ1v) is 11.2. The van der Waals surface area contributed by atoms with E-state index in [2.05, 4.69) is 22.6 Å². The highest BCUT2D eigenvalue weighted by Gasteiger charge is 2.35. The molecule has 2 heterocycles. The Morgan fingerprint density at radius 1 is 1.30 bits per heavy atom. The molecule has 1 unspecified atom stereocenters. The summed E-state index contributed by atoms with van der Waals surface area (Å²) in [7, 11) is 0. The molecular weight excluding hydrogens is 520 g/mol. The van der Waals surface area contributed by atoms with Crippen LogP contribution < -0.4 is 0 Å². The third-order valence-corrected chi connectivity index (χ3v) is 6.86. The van der Waals surface area contributed by atoms with Crippen LogP contribution in [0.1, 0.15) is 65.7 Å². The van der Waals surface area contributed by atoms with E-state index < -0.39 is 5.97 Å². The molecule has 0 spiro atoms. The summed E-state index contributed by atoms with van der Waals surface area (Å²) >= 11 is 8.16. The van der Waals surface area contributed by atoms with Crippen molar-refractivity contribution in [2.45, 2.75) is 45.1 Å². The van der Waals surface area contributed by atoms with Gasteiger partial charge in [0.15, 0.2) is 5.78 Å². The summed E-state index contributed by atoms with van der Waals surface area (Å²) in [5.41, 5.74) is 3.13. The zero-order valence-corrected chi connectivity index (χ0v) is 19.4. The molecule has 0 bridgehead atoms. The van der Waals surface area contributed by atoms with Gasteiger partial charge in [-0.15, -0.1) is 0 Å². The van der Waals surface area contributed by atoms with E-state index in [0.29, 0.717) is 40.3 Å². The van der Waals surface area contributed by atoms with Crippen molar-refractivity contribution < 1.29 is 19.1 Å². The van der Waals surface area contributed by atoms with Crippen molar-refractivity contribution in [3.05, 3.63) is 67.1 Å². The van der Waals surface area contributed by atoms with Gasteiger partial charge in [0.25, 0.3) is 0 Å². The van der Waals surface area contributed by atoms with Crippen molar-refractivity contribution in [3.63, 3.8) is 0 Å². The molecule has 7 heteroatoms. The third kappa shape index (κ3) is 3.54. The van der Waals surface area contributed by atoms with Crippen LogP contribution in [0.25, 0.3) is 10.9 Å². The number of aromatic nitrogens is 1. The number of hydrogen-bond acceptors (Lipinski definition) is 2. The molecule has 0 saturated heterocycles. The number of ketones is 1. The number of aliphatic carboxylic acids is 1. The monoisotopic (exact) mass is 539 g/mol. The summed E-state index contributed by atoms with van der Waals surface area (Å²) in [6, 6.07) is 8.04. The lowest BCUT2D eigenvalue weighted by atomic mass is 9.88. The minimum absolute atomic E-state index is 0.0000834. The Hall–Kier alpha value is -1.93. The number of carbonyl (C=O) groups excluding carboxylic acids is 1. The lowest BCUT2D eigenvalue weighted by molar-refractivity contribution is -0.137. The summed E-state index contributed by atoms with van der Waals surface area (Å²) < 4.78 is 17.1. The van der Waals surface area contributed by atoms with Gasteiger partial charge in [0.05, 0.1) is 17.5 Å². The number of fused-ring (bicyclic) bond motifs is 3. The fraction of sp³-hybridized carbons (Fsp3) is 0.304. The first-order valence-electron chi connectivity index (χ1n) is 9.76. The van der Waals surface area contributed by atoms with E-state index in [4.69, 9.17) is 11.6 Å². The number of carbonyl (C=O) groups is 2. The molecule has 3 aromatic rings. The molecule has 0 radical (unpaired) electrons. The fourth-order valence-corrected chi connectivity index (χ4v) is 5.60. The maximum absolute atomic E-state index is 14.5. The average molecular weight is 540 g/mol. The highest BCUT2D eigenvalue weighted by molar-refractivity contribution is 14.1. The standard InChI is InChI=1S/C23H20ClFINO3/c1-11(2)16-9-14(25)10-18-20(16)21(22-12(7-19(28)29)5-6-27(18)22)23(30)15-4-3-13(24)8-17(15)26/h3-4,8-12H,5-7H2,1-2H3,(H,28,29). The Morgan fingerprint density at radius 3 is 2.67 bits per heavy atom. The Bertz CT molecular complexity index is 1200. The highest BCUT2D eigenvalue weighted by atomic mass is 127. The molecular formula is C23H20ClFINO3. The predicted octanol–water partition coefficient (Wildman–Crippen LogP) is 6.35. The van der Waals surface area contributed by atoms with Crippen LogP contribution in [-0.2, 0) is 11.3 Å². The van der Waals surface area contributed by atoms with Gasteiger partial charge >= 0.3 is 5.97 Å². The number of hydrogen-bond donors (Lipinski definition) is 1. The summed E-state index contributed by atoms with van der Waals surface area (Å²) in [6.07, 6.45) is 0.552. The van der Waals surface area contributed by atoms with Crippen molar-refractivity contribution in [1.82, 2.24) is 4.57 Å². The summed E-state index contributed by atoms with van der Waals surface area (Å²) in [5.74, 6) is -1.73. The molecule has 0 saturated carbocycles. The van der Waals surface area contributed by atoms with E-state index in [9.17, 15) is 19.1 Å². The summed E-state index contributed by atoms with van der Waals surface area (Å²) in [6.45, 7) is 4.49. The molecule has 156 valence electrons. The second-order valence-corrected chi connectivity index (χ2v) is 9.59. The molecule has 30 heavy (non-hydrogen) atoms. The van der Waals surface area contributed by atoms with Gasteiger partial charge in [-0.1, -0.05) is 25.4 Å². The van der Waals surface area contributed by atoms with E-state index >= 15 is 0 Å². The van der Waals surface area contributed by atoms with Crippen LogP contribution in [0.15, 0.2) is 30.3 Å². The average Bonchev–Trinajstić information content (AvgIpc) is 3.19. The van der Waals surface area contributed by atoms with E-state index in [1.54, 1.807) is 18.2 Å². The molecule has 1 aromatic heterocycles. The van der Waals surface area contributed by atoms with Gasteiger partial charge in [-0.3, -0.25) is 9.59 Å². The van der Waals surface area contributed by atoms with Gasteiger partial charge in [-0.25, -0.2) is 4.39 Å². The molecule has 4 nitrogen and oxygen atoms in total. The van der Waals surface area contributed by atoms with Crippen LogP contribution in [0.2, 0.25) is 5.02 Å². The number of carboxylic acid groups (broad SMARTS) is 1. The Morgan fingerprint density at radius 2 is 2.03 bits per heavy atom. The number of benzene rings is 2. The van der Waals surface area contributed by atoms with Crippen LogP contribution in [0.5, 0.6) is 0 Å². The lowest BCUT2D eigenvalue weighted by Gasteiger charge is -2.14. The fourth-order valence-electron chi connectivity index (χ4n) is 4.48. The third-order valence-electron chi connectivity index (χ3n) is 5.73. The normalized spacial score (nSPS) is 15.7. The zero-order valence-electron chi connectivity index (χ0n) is 16.5. The second-order valence-electron chi connectivity index (χ2n) is 7.99. The number of nitrogens with zero attached hydrogens (tertiary/aromatic N) is 1. The van der Waals surface area contributed by atoms with Gasteiger partial charge in [-0.2, -0.15) is 0 Å². The minimum Gasteiger partial charge on any atom is -0.481 e. The molecule has 1 atom stereocenters. The molecule has 0 amide bonds. The highest BCUT2D eigenvalue weighted by Crippen LogP contribution is 2.44. The van der Waals surface area contributed by atoms with E-state index in [-0.39, 0.29) is 29.9 Å². The van der Waals surface area contributed by atoms with Crippen LogP contribution in [0.3, 0.4) is 0 Å². The van der Waals surface area contributed by atoms with Crippen LogP contribution in [-0.4, -0.2) is 21.4 Å². The number of halogens is 3. The lowest BCUT2D eigenvalue weighted by Crippen LogP contribution is -2.11. The first kappa shape index (κ1) is 21.3. The quantitative estimate of drug-likeness (QED) is 0.303. The number of carboxylic acids is 1. The first-order chi connectivity index (χ1) is 14.2. The van der Waals surface area contributed by atoms with Crippen molar-refractivity contribution in [2.24, 2.45) is 0 Å². The zero-order chi connectivity index (χ0) is 21.7. The van der Waals surface area contributed by atoms with Crippen molar-refractivity contribution in [2.75, 3.05) is 0 Å². The number of aryl methyl sites for hydroxylation is 1. The molecule has 2 aromatic carbocycles. The van der Waals surface area contributed by atoms with Gasteiger partial charge in [0.2, 0.25) is 0 Å². The number of rotatable bonds is 5. The van der Waals surface area contributed by atoms with E-state index in [0.717, 1.165) is 14.5 Å². The molecule has 0 aliphatic carbocycles. The Labute approximate surface area is 192 Å². The molecule has 0 fully saturated rings. The minimum atomic E-state index is -0.909. The van der Waals surface area contributed by atoms with Gasteiger partial charge in [0.1, 0.15) is 5.82 Å². The maximum atomic E-state index is 14.5. The van der Waals surface area contributed by atoms with E-state index in [1.807, 2.05) is 18.4 Å². The molecule has 1 aliphatic rings. The summed E-state index contributed by atoms with van der Waals surface area (Å²) in [4.78, 5) is 25.3. The molecule has 4 rings (SSSR count). The Balaban J connectivity index is 2.06. The van der Waals surface area contributed by atoms with Gasteiger partial charge in [-0.05, 0) is 70.8 Å². The van der Waals surface area contributed by atoms with E-state index in [1.165, 1.54) is 12.1 Å². The largest absolute Gasteiger partial charge is 0.481 e. The van der Waals surface area contributed by atoms with Gasteiger partial charge < -0.3 is 9.67 Å². The maximum Gasteiger partial charge on any atom is 0.304 e. The molecule has 1 N–H and O–H groups in total. The van der Waals surface area contributed by atoms with Crippen molar-refractivity contribution in [3.8, 4) is 0 Å². The topological polar surface area (TPSA) is 59.3 Å². The SMILES string of the molecule is CC(C)c1cc(F)cc2c1c(C(=O)c1ccc(Cl)cc1I)c1n2CCC1CC(=O)O. The van der Waals surface area contributed by atoms with Gasteiger partial charge in [0, 0.05) is 37.7 Å². The second kappa shape index (κ2) is 7.96. The Kier molecular flexibility index (Phi) is 5.66. The molecule has 1 aliphatic heterocycles.